The Bertz CT molecular complexity index is 685. The lowest BCUT2D eigenvalue weighted by atomic mass is 10.2. The number of nitrogens with one attached hydrogen (secondary N) is 2. The van der Waals surface area contributed by atoms with E-state index < -0.39 is 11.8 Å². The molecule has 0 aliphatic carbocycles. The van der Waals surface area contributed by atoms with Gasteiger partial charge in [0.25, 0.3) is 0 Å². The van der Waals surface area contributed by atoms with Crippen molar-refractivity contribution in [3.8, 4) is 0 Å². The van der Waals surface area contributed by atoms with Gasteiger partial charge in [-0.05, 0) is 55.0 Å². The Hall–Kier alpha value is -2.04. The molecule has 2 rings (SSSR count). The third-order valence-corrected chi connectivity index (χ3v) is 3.23. The average molecular weight is 323 g/mol. The van der Waals surface area contributed by atoms with Gasteiger partial charge in [0.05, 0.1) is 0 Å². The SMILES string of the molecule is Cc1cc(Cl)ccc1NC(=O)C(=O)Nc1ccc(Cl)cc1. The smallest absolute Gasteiger partial charge is 0.314 e. The van der Waals surface area contributed by atoms with Crippen LogP contribution in [-0.4, -0.2) is 11.8 Å². The first-order valence-electron chi connectivity index (χ1n) is 6.10. The van der Waals surface area contributed by atoms with E-state index >= 15 is 0 Å². The molecular weight excluding hydrogens is 311 g/mol. The second-order valence-corrected chi connectivity index (χ2v) is 5.25. The van der Waals surface area contributed by atoms with Crippen molar-refractivity contribution in [2.45, 2.75) is 6.92 Å². The number of carbonyl (C=O) groups excluding carboxylic acids is 2. The molecule has 2 N–H and O–H groups in total. The van der Waals surface area contributed by atoms with Crippen LogP contribution in [0.25, 0.3) is 0 Å². The summed E-state index contributed by atoms with van der Waals surface area (Å²) >= 11 is 11.6. The lowest BCUT2D eigenvalue weighted by Gasteiger charge is -2.09. The second kappa shape index (κ2) is 6.61. The van der Waals surface area contributed by atoms with Gasteiger partial charge < -0.3 is 10.6 Å². The van der Waals surface area contributed by atoms with Crippen molar-refractivity contribution in [2.24, 2.45) is 0 Å². The van der Waals surface area contributed by atoms with E-state index in [-0.39, 0.29) is 0 Å². The molecule has 0 spiro atoms. The van der Waals surface area contributed by atoms with E-state index in [1.54, 1.807) is 49.4 Å². The highest BCUT2D eigenvalue weighted by Crippen LogP contribution is 2.19. The molecule has 0 aliphatic heterocycles. The number of anilines is 2. The topological polar surface area (TPSA) is 58.2 Å². The standard InChI is InChI=1S/C15H12Cl2N2O2/c1-9-8-11(17)4-7-13(9)19-15(21)14(20)18-12-5-2-10(16)3-6-12/h2-8H,1H3,(H,18,20)(H,19,21). The number of rotatable bonds is 2. The molecule has 2 aromatic rings. The molecule has 0 fully saturated rings. The number of hydrogen-bond acceptors (Lipinski definition) is 2. The largest absolute Gasteiger partial charge is 0.318 e. The molecule has 108 valence electrons. The summed E-state index contributed by atoms with van der Waals surface area (Å²) in [4.78, 5) is 23.6. The maximum atomic E-state index is 11.8. The van der Waals surface area contributed by atoms with Gasteiger partial charge in [-0.25, -0.2) is 0 Å². The number of benzene rings is 2. The molecule has 0 heterocycles. The molecule has 0 atom stereocenters. The average Bonchev–Trinajstić information content (AvgIpc) is 2.44. The third-order valence-electron chi connectivity index (χ3n) is 2.74. The van der Waals surface area contributed by atoms with Crippen molar-refractivity contribution in [3.63, 3.8) is 0 Å². The normalized spacial score (nSPS) is 10.0. The van der Waals surface area contributed by atoms with Crippen LogP contribution in [0.1, 0.15) is 5.56 Å². The van der Waals surface area contributed by atoms with Crippen molar-refractivity contribution in [2.75, 3.05) is 10.6 Å². The van der Waals surface area contributed by atoms with Crippen LogP contribution in [0, 0.1) is 6.92 Å². The minimum atomic E-state index is -0.758. The van der Waals surface area contributed by atoms with Gasteiger partial charge in [-0.2, -0.15) is 0 Å². The van der Waals surface area contributed by atoms with Gasteiger partial charge in [0.2, 0.25) is 0 Å². The number of halogens is 2. The Morgan fingerprint density at radius 2 is 1.43 bits per heavy atom. The first-order valence-corrected chi connectivity index (χ1v) is 6.85. The van der Waals surface area contributed by atoms with Gasteiger partial charge in [-0.3, -0.25) is 9.59 Å². The van der Waals surface area contributed by atoms with Crippen LogP contribution in [0.5, 0.6) is 0 Å². The molecule has 0 radical (unpaired) electrons. The van der Waals surface area contributed by atoms with Crippen molar-refractivity contribution in [1.29, 1.82) is 0 Å². The Morgan fingerprint density at radius 3 is 2.05 bits per heavy atom. The lowest BCUT2D eigenvalue weighted by Crippen LogP contribution is -2.29. The molecule has 0 unspecified atom stereocenters. The zero-order valence-electron chi connectivity index (χ0n) is 11.1. The van der Waals surface area contributed by atoms with Crippen molar-refractivity contribution in [3.05, 3.63) is 58.1 Å². The predicted molar refractivity (Wildman–Crippen MR) is 84.9 cm³/mol. The van der Waals surface area contributed by atoms with E-state index in [2.05, 4.69) is 10.6 Å². The summed E-state index contributed by atoms with van der Waals surface area (Å²) in [5.41, 5.74) is 1.80. The number of aryl methyl sites for hydroxylation is 1. The molecule has 2 amide bonds. The van der Waals surface area contributed by atoms with E-state index in [1.807, 2.05) is 0 Å². The van der Waals surface area contributed by atoms with Crippen LogP contribution < -0.4 is 10.6 Å². The molecule has 2 aromatic carbocycles. The van der Waals surface area contributed by atoms with Gasteiger partial charge in [-0.1, -0.05) is 23.2 Å². The summed E-state index contributed by atoms with van der Waals surface area (Å²) in [6, 6.07) is 11.5. The van der Waals surface area contributed by atoms with Crippen LogP contribution in [0.15, 0.2) is 42.5 Å². The van der Waals surface area contributed by atoms with E-state index in [0.29, 0.717) is 21.4 Å². The zero-order valence-corrected chi connectivity index (χ0v) is 12.6. The Morgan fingerprint density at radius 1 is 0.857 bits per heavy atom. The number of carbonyl (C=O) groups is 2. The van der Waals surface area contributed by atoms with Crippen molar-refractivity contribution < 1.29 is 9.59 Å². The third kappa shape index (κ3) is 4.21. The number of amides is 2. The van der Waals surface area contributed by atoms with Crippen LogP contribution in [-0.2, 0) is 9.59 Å². The van der Waals surface area contributed by atoms with Crippen LogP contribution in [0.3, 0.4) is 0 Å². The first kappa shape index (κ1) is 15.4. The summed E-state index contributed by atoms with van der Waals surface area (Å²) in [6.45, 7) is 1.79. The quantitative estimate of drug-likeness (QED) is 0.824. The molecule has 6 heteroatoms. The summed E-state index contributed by atoms with van der Waals surface area (Å²) in [7, 11) is 0. The molecule has 0 aromatic heterocycles. The molecule has 21 heavy (non-hydrogen) atoms. The van der Waals surface area contributed by atoms with Gasteiger partial charge in [-0.15, -0.1) is 0 Å². The van der Waals surface area contributed by atoms with Gasteiger partial charge in [0.15, 0.2) is 0 Å². The highest BCUT2D eigenvalue weighted by atomic mass is 35.5. The van der Waals surface area contributed by atoms with Gasteiger partial charge in [0.1, 0.15) is 0 Å². The maximum Gasteiger partial charge on any atom is 0.314 e. The van der Waals surface area contributed by atoms with Crippen LogP contribution >= 0.6 is 23.2 Å². The fraction of sp³-hybridized carbons (Fsp3) is 0.0667. The molecular formula is C15H12Cl2N2O2. The van der Waals surface area contributed by atoms with Crippen molar-refractivity contribution in [1.82, 2.24) is 0 Å². The summed E-state index contributed by atoms with van der Waals surface area (Å²) < 4.78 is 0. The van der Waals surface area contributed by atoms with Gasteiger partial charge in [0, 0.05) is 21.4 Å². The highest BCUT2D eigenvalue weighted by molar-refractivity contribution is 6.43. The molecule has 0 saturated heterocycles. The van der Waals surface area contributed by atoms with Gasteiger partial charge >= 0.3 is 11.8 Å². The highest BCUT2D eigenvalue weighted by Gasteiger charge is 2.15. The fourth-order valence-electron chi connectivity index (χ4n) is 1.67. The van der Waals surface area contributed by atoms with Crippen LogP contribution in [0.4, 0.5) is 11.4 Å². The Kier molecular flexibility index (Phi) is 4.83. The minimum absolute atomic E-state index is 0.493. The van der Waals surface area contributed by atoms with E-state index in [4.69, 9.17) is 23.2 Å². The van der Waals surface area contributed by atoms with E-state index in [1.165, 1.54) is 0 Å². The van der Waals surface area contributed by atoms with E-state index in [9.17, 15) is 9.59 Å². The fourth-order valence-corrected chi connectivity index (χ4v) is 2.02. The Balaban J connectivity index is 2.02. The molecule has 4 nitrogen and oxygen atoms in total. The summed E-state index contributed by atoms with van der Waals surface area (Å²) in [5.74, 6) is -1.51. The maximum absolute atomic E-state index is 11.8. The summed E-state index contributed by atoms with van der Waals surface area (Å²) in [5, 5.41) is 6.13. The zero-order chi connectivity index (χ0) is 15.4. The van der Waals surface area contributed by atoms with Crippen molar-refractivity contribution >= 4 is 46.4 Å². The molecule has 0 aliphatic rings. The first-order chi connectivity index (χ1) is 9.95. The second-order valence-electron chi connectivity index (χ2n) is 4.37. The lowest BCUT2D eigenvalue weighted by molar-refractivity contribution is -0.133. The Labute approximate surface area is 132 Å². The summed E-state index contributed by atoms with van der Waals surface area (Å²) in [6.07, 6.45) is 0. The molecule has 0 saturated carbocycles. The van der Waals surface area contributed by atoms with Crippen LogP contribution in [0.2, 0.25) is 10.0 Å². The predicted octanol–water partition coefficient (Wildman–Crippen LogP) is 3.88. The van der Waals surface area contributed by atoms with E-state index in [0.717, 1.165) is 5.56 Å². The minimum Gasteiger partial charge on any atom is -0.318 e. The molecule has 0 bridgehead atoms. The monoisotopic (exact) mass is 322 g/mol. The number of hydrogen-bond donors (Lipinski definition) is 2.